The largest absolute Gasteiger partial charge is 0.496 e. The van der Waals surface area contributed by atoms with Crippen LogP contribution in [-0.2, 0) is 11.3 Å². The molecule has 0 aliphatic rings. The molecule has 3 aromatic rings. The molecule has 0 unspecified atom stereocenters. The van der Waals surface area contributed by atoms with Gasteiger partial charge in [-0.05, 0) is 29.8 Å². The minimum atomic E-state index is -0.502. The Balaban J connectivity index is 1.69. The first-order chi connectivity index (χ1) is 12.6. The van der Waals surface area contributed by atoms with Crippen molar-refractivity contribution in [2.75, 3.05) is 14.2 Å². The summed E-state index contributed by atoms with van der Waals surface area (Å²) >= 11 is 1.33. The summed E-state index contributed by atoms with van der Waals surface area (Å²) in [6.07, 6.45) is 1.55. The Kier molecular flexibility index (Phi) is 5.33. The number of carbonyl (C=O) groups excluding carboxylic acids is 2. The lowest BCUT2D eigenvalue weighted by Crippen LogP contribution is -2.23. The average molecular weight is 372 g/mol. The summed E-state index contributed by atoms with van der Waals surface area (Å²) in [6.45, 7) is 0.237. The normalized spacial score (nSPS) is 10.4. The van der Waals surface area contributed by atoms with Crippen LogP contribution in [-0.4, -0.2) is 31.1 Å². The van der Waals surface area contributed by atoms with Gasteiger partial charge in [0.2, 0.25) is 0 Å². The van der Waals surface area contributed by atoms with Gasteiger partial charge < -0.3 is 19.2 Å². The van der Waals surface area contributed by atoms with Crippen LogP contribution in [0.25, 0.3) is 10.8 Å². The lowest BCUT2D eigenvalue weighted by molar-refractivity contribution is 0.0597. The average Bonchev–Trinajstić information content (AvgIpc) is 3.36. The number of esters is 1. The lowest BCUT2D eigenvalue weighted by Gasteiger charge is -2.09. The number of hydrogen-bond donors (Lipinski definition) is 1. The minimum Gasteiger partial charge on any atom is -0.496 e. The van der Waals surface area contributed by atoms with E-state index >= 15 is 0 Å². The first kappa shape index (κ1) is 17.7. The minimum absolute atomic E-state index is 0.237. The molecule has 0 spiro atoms. The van der Waals surface area contributed by atoms with E-state index in [1.807, 2.05) is 0 Å². The Morgan fingerprint density at radius 2 is 2.12 bits per heavy atom. The maximum atomic E-state index is 12.3. The molecule has 1 aromatic carbocycles. The fraction of sp³-hybridized carbons (Fsp3) is 0.167. The SMILES string of the molecule is COC(=O)c1cc(CNC(=O)c2csc(-c3ccco3)n2)ccc1OC. The van der Waals surface area contributed by atoms with Crippen LogP contribution >= 0.6 is 11.3 Å². The third kappa shape index (κ3) is 3.75. The monoisotopic (exact) mass is 372 g/mol. The Morgan fingerprint density at radius 3 is 2.81 bits per heavy atom. The summed E-state index contributed by atoms with van der Waals surface area (Å²) in [7, 11) is 2.77. The van der Waals surface area contributed by atoms with E-state index in [-0.39, 0.29) is 12.5 Å². The van der Waals surface area contributed by atoms with Gasteiger partial charge in [-0.1, -0.05) is 6.07 Å². The van der Waals surface area contributed by atoms with Gasteiger partial charge in [0.05, 0.1) is 20.5 Å². The van der Waals surface area contributed by atoms with Gasteiger partial charge >= 0.3 is 5.97 Å². The second-order valence-electron chi connectivity index (χ2n) is 5.22. The third-order valence-corrected chi connectivity index (χ3v) is 4.45. The summed E-state index contributed by atoms with van der Waals surface area (Å²) in [6, 6.07) is 8.60. The van der Waals surface area contributed by atoms with E-state index in [4.69, 9.17) is 13.9 Å². The van der Waals surface area contributed by atoms with Gasteiger partial charge in [0.25, 0.3) is 5.91 Å². The molecule has 0 saturated carbocycles. The van der Waals surface area contributed by atoms with Crippen LogP contribution in [0.5, 0.6) is 5.75 Å². The van der Waals surface area contributed by atoms with Crippen molar-refractivity contribution in [1.82, 2.24) is 10.3 Å². The summed E-state index contributed by atoms with van der Waals surface area (Å²) < 4.78 is 15.2. The van der Waals surface area contributed by atoms with Crippen molar-refractivity contribution in [3.05, 3.63) is 58.8 Å². The molecule has 3 rings (SSSR count). The molecule has 0 aliphatic heterocycles. The number of amides is 1. The zero-order chi connectivity index (χ0) is 18.5. The second-order valence-corrected chi connectivity index (χ2v) is 6.08. The van der Waals surface area contributed by atoms with E-state index < -0.39 is 5.97 Å². The summed E-state index contributed by atoms with van der Waals surface area (Å²) in [5.74, 6) is 0.216. The van der Waals surface area contributed by atoms with Crippen LogP contribution < -0.4 is 10.1 Å². The molecule has 0 radical (unpaired) electrons. The molecule has 1 amide bonds. The fourth-order valence-electron chi connectivity index (χ4n) is 2.30. The molecule has 134 valence electrons. The zero-order valence-corrected chi connectivity index (χ0v) is 15.0. The van der Waals surface area contributed by atoms with Crippen molar-refractivity contribution in [3.8, 4) is 16.5 Å². The number of benzene rings is 1. The number of ether oxygens (including phenoxy) is 2. The van der Waals surface area contributed by atoms with Gasteiger partial charge in [-0.25, -0.2) is 9.78 Å². The molecule has 1 N–H and O–H groups in total. The van der Waals surface area contributed by atoms with Gasteiger partial charge in [0.1, 0.15) is 17.0 Å². The van der Waals surface area contributed by atoms with Crippen molar-refractivity contribution >= 4 is 23.2 Å². The molecular weight excluding hydrogens is 356 g/mol. The van der Waals surface area contributed by atoms with Gasteiger partial charge in [-0.2, -0.15) is 0 Å². The number of nitrogens with one attached hydrogen (secondary N) is 1. The van der Waals surface area contributed by atoms with Crippen LogP contribution in [0.15, 0.2) is 46.4 Å². The van der Waals surface area contributed by atoms with Crippen molar-refractivity contribution < 1.29 is 23.5 Å². The third-order valence-electron chi connectivity index (χ3n) is 3.59. The molecule has 0 saturated heterocycles. The first-order valence-corrected chi connectivity index (χ1v) is 8.53. The Bertz CT molecular complexity index is 918. The molecule has 0 bridgehead atoms. The van der Waals surface area contributed by atoms with Crippen molar-refractivity contribution in [2.45, 2.75) is 6.54 Å². The van der Waals surface area contributed by atoms with E-state index in [1.165, 1.54) is 25.6 Å². The number of carbonyl (C=O) groups is 2. The molecule has 8 heteroatoms. The molecule has 2 aromatic heterocycles. The number of rotatable bonds is 6. The summed E-state index contributed by atoms with van der Waals surface area (Å²) in [5, 5.41) is 5.08. The number of hydrogen-bond acceptors (Lipinski definition) is 7. The van der Waals surface area contributed by atoms with Crippen LogP contribution in [0.4, 0.5) is 0 Å². The molecule has 0 aliphatic carbocycles. The van der Waals surface area contributed by atoms with Crippen LogP contribution in [0.2, 0.25) is 0 Å². The maximum Gasteiger partial charge on any atom is 0.341 e. The first-order valence-electron chi connectivity index (χ1n) is 7.65. The predicted molar refractivity (Wildman–Crippen MR) is 95.3 cm³/mol. The number of methoxy groups -OCH3 is 2. The predicted octanol–water partition coefficient (Wildman–Crippen LogP) is 3.13. The highest BCUT2D eigenvalue weighted by molar-refractivity contribution is 7.13. The van der Waals surface area contributed by atoms with Gasteiger partial charge in [0.15, 0.2) is 10.8 Å². The standard InChI is InChI=1S/C18H16N2O5S/c1-23-14-6-5-11(8-12(14)18(22)24-2)9-19-16(21)13-10-26-17(20-13)15-4-3-7-25-15/h3-8,10H,9H2,1-2H3,(H,19,21). The molecular formula is C18H16N2O5S. The molecule has 26 heavy (non-hydrogen) atoms. The summed E-state index contributed by atoms with van der Waals surface area (Å²) in [5.41, 5.74) is 1.35. The quantitative estimate of drug-likeness (QED) is 0.669. The van der Waals surface area contributed by atoms with Crippen LogP contribution in [0.1, 0.15) is 26.4 Å². The Labute approximate surface area is 153 Å². The molecule has 0 fully saturated rings. The number of aromatic nitrogens is 1. The molecule has 7 nitrogen and oxygen atoms in total. The number of nitrogens with zero attached hydrogens (tertiary/aromatic N) is 1. The molecule has 0 atom stereocenters. The van der Waals surface area contributed by atoms with E-state index in [0.29, 0.717) is 27.8 Å². The van der Waals surface area contributed by atoms with E-state index in [9.17, 15) is 9.59 Å². The number of furan rings is 1. The topological polar surface area (TPSA) is 90.7 Å². The Morgan fingerprint density at radius 1 is 1.27 bits per heavy atom. The zero-order valence-electron chi connectivity index (χ0n) is 14.1. The Hall–Kier alpha value is -3.13. The van der Waals surface area contributed by atoms with E-state index in [1.54, 1.807) is 42.0 Å². The second kappa shape index (κ2) is 7.83. The fourth-order valence-corrected chi connectivity index (χ4v) is 3.07. The lowest BCUT2D eigenvalue weighted by atomic mass is 10.1. The van der Waals surface area contributed by atoms with Crippen LogP contribution in [0.3, 0.4) is 0 Å². The highest BCUT2D eigenvalue weighted by Crippen LogP contribution is 2.24. The highest BCUT2D eigenvalue weighted by atomic mass is 32.1. The van der Waals surface area contributed by atoms with Crippen molar-refractivity contribution in [3.63, 3.8) is 0 Å². The van der Waals surface area contributed by atoms with Gasteiger partial charge in [0, 0.05) is 11.9 Å². The molecule has 2 heterocycles. The highest BCUT2D eigenvalue weighted by Gasteiger charge is 2.15. The van der Waals surface area contributed by atoms with E-state index in [2.05, 4.69) is 10.3 Å². The van der Waals surface area contributed by atoms with Crippen molar-refractivity contribution in [2.24, 2.45) is 0 Å². The van der Waals surface area contributed by atoms with Gasteiger partial charge in [-0.3, -0.25) is 4.79 Å². The smallest absolute Gasteiger partial charge is 0.341 e. The van der Waals surface area contributed by atoms with Crippen LogP contribution in [0, 0.1) is 0 Å². The van der Waals surface area contributed by atoms with Crippen molar-refractivity contribution in [1.29, 1.82) is 0 Å². The maximum absolute atomic E-state index is 12.3. The number of thiazole rings is 1. The summed E-state index contributed by atoms with van der Waals surface area (Å²) in [4.78, 5) is 28.4. The van der Waals surface area contributed by atoms with E-state index in [0.717, 1.165) is 5.56 Å². The van der Waals surface area contributed by atoms with Gasteiger partial charge in [-0.15, -0.1) is 11.3 Å².